The van der Waals surface area contributed by atoms with Crippen LogP contribution >= 0.6 is 22.6 Å². The highest BCUT2D eigenvalue weighted by Gasteiger charge is 2.17. The molecule has 6 heteroatoms. The summed E-state index contributed by atoms with van der Waals surface area (Å²) in [4.78, 5) is 13.4. The van der Waals surface area contributed by atoms with Crippen molar-refractivity contribution in [3.8, 4) is 0 Å². The first-order valence-electron chi connectivity index (χ1n) is 7.28. The molecule has 0 aliphatic carbocycles. The summed E-state index contributed by atoms with van der Waals surface area (Å²) in [5, 5.41) is 12.4. The molecule has 1 heterocycles. The van der Waals surface area contributed by atoms with Crippen molar-refractivity contribution in [3.05, 3.63) is 36.4 Å². The first-order chi connectivity index (χ1) is 10.6. The number of hydrogen-bond acceptors (Lipinski definition) is 4. The van der Waals surface area contributed by atoms with Gasteiger partial charge in [-0.15, -0.1) is 0 Å². The summed E-state index contributed by atoms with van der Waals surface area (Å²) in [5.41, 5.74) is 2.51. The van der Waals surface area contributed by atoms with Gasteiger partial charge in [-0.25, -0.2) is 0 Å². The summed E-state index contributed by atoms with van der Waals surface area (Å²) in [6, 6.07) is 7.75. The number of nitrogens with zero attached hydrogens (tertiary/aromatic N) is 1. The van der Waals surface area contributed by atoms with Crippen molar-refractivity contribution in [2.75, 3.05) is 44.7 Å². The zero-order chi connectivity index (χ0) is 15.9. The van der Waals surface area contributed by atoms with Crippen molar-refractivity contribution in [2.24, 2.45) is 0 Å². The Hall–Kier alpha value is -1.12. The van der Waals surface area contributed by atoms with Gasteiger partial charge in [-0.2, -0.15) is 0 Å². The van der Waals surface area contributed by atoms with Gasteiger partial charge in [0.05, 0.1) is 13.2 Å². The van der Waals surface area contributed by atoms with E-state index in [4.69, 9.17) is 9.84 Å². The van der Waals surface area contributed by atoms with Gasteiger partial charge < -0.3 is 15.2 Å². The van der Waals surface area contributed by atoms with Crippen molar-refractivity contribution >= 4 is 39.8 Å². The number of nitrogens with one attached hydrogen (secondary N) is 1. The second-order valence-electron chi connectivity index (χ2n) is 5.18. The molecule has 1 aliphatic rings. The van der Waals surface area contributed by atoms with E-state index in [0.29, 0.717) is 5.57 Å². The number of carbonyl (C=O) groups is 1. The fraction of sp³-hybridized carbons (Fsp3) is 0.438. The van der Waals surface area contributed by atoms with E-state index in [-0.39, 0.29) is 0 Å². The summed E-state index contributed by atoms with van der Waals surface area (Å²) < 4.78 is 4.72. The SMILES string of the molecule is C=C(c1ccc(NCCN2CCOCC2)cc1)[C@@H](I)C(=O)O. The molecule has 1 fully saturated rings. The largest absolute Gasteiger partial charge is 0.480 e. The molecule has 120 valence electrons. The highest BCUT2D eigenvalue weighted by Crippen LogP contribution is 2.24. The van der Waals surface area contributed by atoms with Gasteiger partial charge >= 0.3 is 5.97 Å². The average molecular weight is 416 g/mol. The number of rotatable bonds is 7. The molecule has 22 heavy (non-hydrogen) atoms. The first kappa shape index (κ1) is 17.2. The van der Waals surface area contributed by atoms with Gasteiger partial charge in [0.1, 0.15) is 3.92 Å². The van der Waals surface area contributed by atoms with Crippen LogP contribution in [0.3, 0.4) is 0 Å². The Morgan fingerprint density at radius 3 is 2.59 bits per heavy atom. The number of morpholine rings is 1. The third-order valence-electron chi connectivity index (χ3n) is 3.64. The summed E-state index contributed by atoms with van der Waals surface area (Å²) in [7, 11) is 0. The van der Waals surface area contributed by atoms with Crippen LogP contribution in [0.2, 0.25) is 0 Å². The Labute approximate surface area is 144 Å². The van der Waals surface area contributed by atoms with E-state index in [1.165, 1.54) is 0 Å². The number of benzene rings is 1. The van der Waals surface area contributed by atoms with E-state index in [9.17, 15) is 4.79 Å². The van der Waals surface area contributed by atoms with Crippen molar-refractivity contribution in [1.29, 1.82) is 0 Å². The van der Waals surface area contributed by atoms with Crippen LogP contribution in [0.1, 0.15) is 5.56 Å². The second kappa shape index (κ2) is 8.50. The molecule has 1 atom stereocenters. The highest BCUT2D eigenvalue weighted by atomic mass is 127. The number of aliphatic carboxylic acids is 1. The third kappa shape index (κ3) is 4.96. The number of halogens is 1. The Bertz CT molecular complexity index is 513. The fourth-order valence-corrected chi connectivity index (χ4v) is 2.64. The number of alkyl halides is 1. The minimum Gasteiger partial charge on any atom is -0.480 e. The molecule has 0 spiro atoms. The van der Waals surface area contributed by atoms with Gasteiger partial charge in [0, 0.05) is 31.9 Å². The molecule has 0 radical (unpaired) electrons. The summed E-state index contributed by atoms with van der Waals surface area (Å²) in [6.07, 6.45) is 0. The number of carboxylic acid groups (broad SMARTS) is 1. The third-order valence-corrected chi connectivity index (χ3v) is 4.92. The summed E-state index contributed by atoms with van der Waals surface area (Å²) in [5.74, 6) is -0.863. The molecule has 0 bridgehead atoms. The lowest BCUT2D eigenvalue weighted by Crippen LogP contribution is -2.38. The molecular weight excluding hydrogens is 395 g/mol. The zero-order valence-corrected chi connectivity index (χ0v) is 14.6. The fourth-order valence-electron chi connectivity index (χ4n) is 2.28. The van der Waals surface area contributed by atoms with Crippen LogP contribution in [0.15, 0.2) is 30.8 Å². The normalized spacial score (nSPS) is 17.0. The molecule has 2 rings (SSSR count). The van der Waals surface area contributed by atoms with Crippen molar-refractivity contribution < 1.29 is 14.6 Å². The standard InChI is InChI=1S/C16H21IN2O3/c1-12(15(17)16(20)21)13-2-4-14(5-3-13)18-6-7-19-8-10-22-11-9-19/h2-5,15,18H,1,6-11H2,(H,20,21)/t15-/m1/s1. The number of anilines is 1. The lowest BCUT2D eigenvalue weighted by Gasteiger charge is -2.26. The summed E-state index contributed by atoms with van der Waals surface area (Å²) >= 11 is 1.89. The van der Waals surface area contributed by atoms with Crippen LogP contribution in [0.25, 0.3) is 5.57 Å². The maximum absolute atomic E-state index is 11.0. The molecule has 0 amide bonds. The van der Waals surface area contributed by atoms with Gasteiger partial charge in [0.15, 0.2) is 0 Å². The molecule has 0 saturated carbocycles. The van der Waals surface area contributed by atoms with E-state index in [1.807, 2.05) is 46.9 Å². The predicted octanol–water partition coefficient (Wildman–Crippen LogP) is 2.33. The number of ether oxygens (including phenoxy) is 1. The molecule has 5 nitrogen and oxygen atoms in total. The van der Waals surface area contributed by atoms with E-state index in [1.54, 1.807) is 0 Å². The minimum absolute atomic E-state index is 0.599. The maximum atomic E-state index is 11.0. The second-order valence-corrected chi connectivity index (χ2v) is 6.43. The van der Waals surface area contributed by atoms with Crippen LogP contribution in [-0.4, -0.2) is 59.3 Å². The lowest BCUT2D eigenvalue weighted by molar-refractivity contribution is -0.134. The van der Waals surface area contributed by atoms with Crippen molar-refractivity contribution in [1.82, 2.24) is 4.90 Å². The number of carboxylic acids is 1. The van der Waals surface area contributed by atoms with Crippen LogP contribution in [-0.2, 0) is 9.53 Å². The molecule has 0 unspecified atom stereocenters. The van der Waals surface area contributed by atoms with Crippen LogP contribution < -0.4 is 5.32 Å². The van der Waals surface area contributed by atoms with Crippen molar-refractivity contribution in [2.45, 2.75) is 3.92 Å². The topological polar surface area (TPSA) is 61.8 Å². The Balaban J connectivity index is 1.81. The summed E-state index contributed by atoms with van der Waals surface area (Å²) in [6.45, 7) is 9.36. The van der Waals surface area contributed by atoms with Gasteiger partial charge in [-0.1, -0.05) is 41.3 Å². The molecule has 1 aromatic rings. The zero-order valence-electron chi connectivity index (χ0n) is 12.4. The van der Waals surface area contributed by atoms with Gasteiger partial charge in [-0.3, -0.25) is 9.69 Å². The lowest BCUT2D eigenvalue weighted by atomic mass is 10.0. The Morgan fingerprint density at radius 2 is 2.00 bits per heavy atom. The quantitative estimate of drug-likeness (QED) is 0.528. The van der Waals surface area contributed by atoms with Crippen LogP contribution in [0.4, 0.5) is 5.69 Å². The minimum atomic E-state index is -0.863. The molecular formula is C16H21IN2O3. The first-order valence-corrected chi connectivity index (χ1v) is 8.52. The van der Waals surface area contributed by atoms with Crippen molar-refractivity contribution in [3.63, 3.8) is 0 Å². The highest BCUT2D eigenvalue weighted by molar-refractivity contribution is 14.1. The predicted molar refractivity (Wildman–Crippen MR) is 96.7 cm³/mol. The molecule has 1 aromatic carbocycles. The molecule has 2 N–H and O–H groups in total. The van der Waals surface area contributed by atoms with Crippen LogP contribution in [0, 0.1) is 0 Å². The van der Waals surface area contributed by atoms with E-state index in [2.05, 4.69) is 16.8 Å². The van der Waals surface area contributed by atoms with Crippen LogP contribution in [0.5, 0.6) is 0 Å². The van der Waals surface area contributed by atoms with E-state index in [0.717, 1.165) is 50.6 Å². The molecule has 0 aromatic heterocycles. The average Bonchev–Trinajstić information content (AvgIpc) is 2.55. The smallest absolute Gasteiger partial charge is 0.320 e. The Morgan fingerprint density at radius 1 is 1.36 bits per heavy atom. The molecule has 1 aliphatic heterocycles. The van der Waals surface area contributed by atoms with E-state index < -0.39 is 9.89 Å². The Kier molecular flexibility index (Phi) is 6.66. The molecule has 1 saturated heterocycles. The van der Waals surface area contributed by atoms with Gasteiger partial charge in [0.2, 0.25) is 0 Å². The number of hydrogen-bond donors (Lipinski definition) is 2. The van der Waals surface area contributed by atoms with Gasteiger partial charge in [-0.05, 0) is 23.3 Å². The maximum Gasteiger partial charge on any atom is 0.320 e. The van der Waals surface area contributed by atoms with E-state index >= 15 is 0 Å². The van der Waals surface area contributed by atoms with Gasteiger partial charge in [0.25, 0.3) is 0 Å². The monoisotopic (exact) mass is 416 g/mol.